The third-order valence-electron chi connectivity index (χ3n) is 4.05. The molecule has 8 heteroatoms. The predicted molar refractivity (Wildman–Crippen MR) is 110 cm³/mol. The topological polar surface area (TPSA) is 115 Å². The summed E-state index contributed by atoms with van der Waals surface area (Å²) in [6.07, 6.45) is -0.233. The minimum Gasteiger partial charge on any atom is -0.459 e. The van der Waals surface area contributed by atoms with Crippen LogP contribution in [0, 0.1) is 0 Å². The summed E-state index contributed by atoms with van der Waals surface area (Å²) in [5.74, 6) is -1.80. The van der Waals surface area contributed by atoms with Gasteiger partial charge in [0.15, 0.2) is 6.61 Å². The number of aromatic nitrogens is 1. The van der Waals surface area contributed by atoms with Crippen molar-refractivity contribution in [1.29, 1.82) is 0 Å². The largest absolute Gasteiger partial charge is 0.459 e. The molecule has 0 atom stereocenters. The Kier molecular flexibility index (Phi) is 6.26. The Morgan fingerprint density at radius 3 is 2.40 bits per heavy atom. The normalized spacial score (nSPS) is 10.6. The highest BCUT2D eigenvalue weighted by Gasteiger charge is 2.15. The standard InChI is InChI=1S/C22H20N2O6/c1-13(2)30-21(27)14-7-9-15(10-8-14)23-20(26)12-29-22(28)17-11-19(25)24-18-6-4-3-5-16(17)18/h3-11,13H,12H2,1-2H3,(H,23,26)(H,24,25). The number of ether oxygens (including phenoxy) is 2. The van der Waals surface area contributed by atoms with Crippen molar-refractivity contribution >= 4 is 34.4 Å². The van der Waals surface area contributed by atoms with Gasteiger partial charge in [-0.15, -0.1) is 0 Å². The molecule has 3 rings (SSSR count). The number of carbonyl (C=O) groups is 3. The minimum atomic E-state index is -0.778. The van der Waals surface area contributed by atoms with E-state index >= 15 is 0 Å². The van der Waals surface area contributed by atoms with E-state index in [4.69, 9.17) is 9.47 Å². The minimum absolute atomic E-state index is 0.0789. The monoisotopic (exact) mass is 408 g/mol. The molecule has 0 saturated heterocycles. The van der Waals surface area contributed by atoms with Crippen molar-refractivity contribution in [3.63, 3.8) is 0 Å². The first-order chi connectivity index (χ1) is 14.3. The number of aromatic amines is 1. The molecule has 0 aliphatic rings. The molecule has 30 heavy (non-hydrogen) atoms. The van der Waals surface area contributed by atoms with Crippen LogP contribution in [0.3, 0.4) is 0 Å². The molecule has 1 aromatic heterocycles. The first-order valence-corrected chi connectivity index (χ1v) is 9.23. The summed E-state index contributed by atoms with van der Waals surface area (Å²) < 4.78 is 10.1. The zero-order chi connectivity index (χ0) is 21.7. The summed E-state index contributed by atoms with van der Waals surface area (Å²) in [6.45, 7) is 2.97. The molecule has 0 fully saturated rings. The first-order valence-electron chi connectivity index (χ1n) is 9.23. The smallest absolute Gasteiger partial charge is 0.339 e. The van der Waals surface area contributed by atoms with E-state index in [1.54, 1.807) is 50.2 Å². The number of pyridine rings is 1. The summed E-state index contributed by atoms with van der Waals surface area (Å²) in [4.78, 5) is 50.7. The maximum absolute atomic E-state index is 12.4. The zero-order valence-electron chi connectivity index (χ0n) is 16.4. The molecular weight excluding hydrogens is 388 g/mol. The number of fused-ring (bicyclic) bond motifs is 1. The first kappa shape index (κ1) is 20.8. The number of carbonyl (C=O) groups excluding carboxylic acids is 3. The van der Waals surface area contributed by atoms with E-state index in [0.29, 0.717) is 22.2 Å². The molecule has 0 saturated carbocycles. The van der Waals surface area contributed by atoms with Gasteiger partial charge >= 0.3 is 11.9 Å². The van der Waals surface area contributed by atoms with Crippen LogP contribution in [0.2, 0.25) is 0 Å². The molecule has 154 valence electrons. The maximum atomic E-state index is 12.4. The van der Waals surface area contributed by atoms with Gasteiger partial charge in [0.25, 0.3) is 5.91 Å². The van der Waals surface area contributed by atoms with Crippen LogP contribution in [0.15, 0.2) is 59.4 Å². The number of para-hydroxylation sites is 1. The van der Waals surface area contributed by atoms with Gasteiger partial charge in [-0.3, -0.25) is 9.59 Å². The van der Waals surface area contributed by atoms with Crippen LogP contribution in [0.4, 0.5) is 5.69 Å². The molecule has 0 bridgehead atoms. The van der Waals surface area contributed by atoms with Crippen molar-refractivity contribution in [1.82, 2.24) is 4.98 Å². The van der Waals surface area contributed by atoms with Gasteiger partial charge in [-0.05, 0) is 44.2 Å². The molecule has 8 nitrogen and oxygen atoms in total. The van der Waals surface area contributed by atoms with Crippen LogP contribution in [0.25, 0.3) is 10.9 Å². The Hall–Kier alpha value is -3.94. The van der Waals surface area contributed by atoms with Crippen LogP contribution in [0.5, 0.6) is 0 Å². The fourth-order valence-electron chi connectivity index (χ4n) is 2.75. The van der Waals surface area contributed by atoms with Crippen LogP contribution in [-0.2, 0) is 14.3 Å². The van der Waals surface area contributed by atoms with Crippen LogP contribution < -0.4 is 10.9 Å². The molecule has 0 spiro atoms. The summed E-state index contributed by atoms with van der Waals surface area (Å²) in [5, 5.41) is 3.09. The Morgan fingerprint density at radius 2 is 1.70 bits per heavy atom. The third-order valence-corrected chi connectivity index (χ3v) is 4.05. The summed E-state index contributed by atoms with van der Waals surface area (Å²) in [5.41, 5.74) is 0.918. The number of nitrogens with one attached hydrogen (secondary N) is 2. The third kappa shape index (κ3) is 5.11. The van der Waals surface area contributed by atoms with Crippen molar-refractivity contribution in [2.75, 3.05) is 11.9 Å². The van der Waals surface area contributed by atoms with Gasteiger partial charge in [0.2, 0.25) is 5.56 Å². The number of H-pyrrole nitrogens is 1. The molecular formula is C22H20N2O6. The van der Waals surface area contributed by atoms with Gasteiger partial charge in [0.1, 0.15) is 0 Å². The molecule has 2 aromatic carbocycles. The molecule has 3 aromatic rings. The molecule has 2 N–H and O–H groups in total. The molecule has 0 aliphatic carbocycles. The lowest BCUT2D eigenvalue weighted by Gasteiger charge is -2.10. The van der Waals surface area contributed by atoms with Gasteiger partial charge < -0.3 is 19.8 Å². The summed E-state index contributed by atoms with van der Waals surface area (Å²) in [7, 11) is 0. The fourth-order valence-corrected chi connectivity index (χ4v) is 2.75. The highest BCUT2D eigenvalue weighted by molar-refractivity contribution is 6.04. The number of hydrogen-bond donors (Lipinski definition) is 2. The quantitative estimate of drug-likeness (QED) is 0.606. The van der Waals surface area contributed by atoms with E-state index in [1.165, 1.54) is 12.1 Å². The Labute approximate surface area is 171 Å². The maximum Gasteiger partial charge on any atom is 0.339 e. The van der Waals surface area contributed by atoms with Gasteiger partial charge in [-0.25, -0.2) is 9.59 Å². The molecule has 0 unspecified atom stereocenters. The van der Waals surface area contributed by atoms with Crippen molar-refractivity contribution in [2.24, 2.45) is 0 Å². The van der Waals surface area contributed by atoms with E-state index in [2.05, 4.69) is 10.3 Å². The van der Waals surface area contributed by atoms with Gasteiger partial charge in [-0.1, -0.05) is 18.2 Å². The van der Waals surface area contributed by atoms with Gasteiger partial charge in [-0.2, -0.15) is 0 Å². The van der Waals surface area contributed by atoms with E-state index in [-0.39, 0.29) is 11.7 Å². The number of rotatable bonds is 6. The lowest BCUT2D eigenvalue weighted by atomic mass is 10.1. The van der Waals surface area contributed by atoms with Crippen molar-refractivity contribution in [2.45, 2.75) is 20.0 Å². The Morgan fingerprint density at radius 1 is 1.00 bits per heavy atom. The second kappa shape index (κ2) is 9.04. The van der Waals surface area contributed by atoms with E-state index in [9.17, 15) is 19.2 Å². The number of benzene rings is 2. The second-order valence-electron chi connectivity index (χ2n) is 6.75. The van der Waals surface area contributed by atoms with Crippen LogP contribution in [-0.4, -0.2) is 35.5 Å². The molecule has 1 amide bonds. The van der Waals surface area contributed by atoms with E-state index < -0.39 is 30.0 Å². The molecule has 0 radical (unpaired) electrons. The van der Waals surface area contributed by atoms with Gasteiger partial charge in [0, 0.05) is 22.7 Å². The van der Waals surface area contributed by atoms with Gasteiger partial charge in [0.05, 0.1) is 17.2 Å². The SMILES string of the molecule is CC(C)OC(=O)c1ccc(NC(=O)COC(=O)c2cc(=O)[nH]c3ccccc23)cc1. The highest BCUT2D eigenvalue weighted by Crippen LogP contribution is 2.16. The highest BCUT2D eigenvalue weighted by atomic mass is 16.5. The fraction of sp³-hybridized carbons (Fsp3) is 0.182. The van der Waals surface area contributed by atoms with Crippen molar-refractivity contribution < 1.29 is 23.9 Å². The lowest BCUT2D eigenvalue weighted by Crippen LogP contribution is -2.22. The number of esters is 2. The van der Waals surface area contributed by atoms with E-state index in [1.807, 2.05) is 0 Å². The Balaban J connectivity index is 1.60. The van der Waals surface area contributed by atoms with Crippen molar-refractivity contribution in [3.8, 4) is 0 Å². The number of amides is 1. The molecule has 1 heterocycles. The van der Waals surface area contributed by atoms with E-state index in [0.717, 1.165) is 6.07 Å². The number of hydrogen-bond acceptors (Lipinski definition) is 6. The zero-order valence-corrected chi connectivity index (χ0v) is 16.4. The molecule has 0 aliphatic heterocycles. The Bertz CT molecular complexity index is 1150. The summed E-state index contributed by atoms with van der Waals surface area (Å²) in [6, 6.07) is 14.1. The average Bonchev–Trinajstić information content (AvgIpc) is 2.71. The number of anilines is 1. The van der Waals surface area contributed by atoms with Crippen LogP contribution >= 0.6 is 0 Å². The second-order valence-corrected chi connectivity index (χ2v) is 6.75. The average molecular weight is 408 g/mol. The summed E-state index contributed by atoms with van der Waals surface area (Å²) >= 11 is 0. The van der Waals surface area contributed by atoms with Crippen LogP contribution in [0.1, 0.15) is 34.6 Å². The lowest BCUT2D eigenvalue weighted by molar-refractivity contribution is -0.119. The van der Waals surface area contributed by atoms with Crippen molar-refractivity contribution in [3.05, 3.63) is 76.1 Å². The predicted octanol–water partition coefficient (Wildman–Crippen LogP) is 2.89.